The van der Waals surface area contributed by atoms with E-state index in [1.165, 1.54) is 16.9 Å². The van der Waals surface area contributed by atoms with Crippen LogP contribution in [0, 0.1) is 6.92 Å². The van der Waals surface area contributed by atoms with Gasteiger partial charge in [0, 0.05) is 19.2 Å². The highest BCUT2D eigenvalue weighted by Crippen LogP contribution is 2.23. The minimum atomic E-state index is -0.272. The molecule has 0 radical (unpaired) electrons. The summed E-state index contributed by atoms with van der Waals surface area (Å²) in [6, 6.07) is 6.42. The summed E-state index contributed by atoms with van der Waals surface area (Å²) in [5, 5.41) is 4.13. The lowest BCUT2D eigenvalue weighted by Crippen LogP contribution is -2.17. The second-order valence-electron chi connectivity index (χ2n) is 6.38. The molecule has 0 spiro atoms. The van der Waals surface area contributed by atoms with Gasteiger partial charge in [-0.1, -0.05) is 37.3 Å². The summed E-state index contributed by atoms with van der Waals surface area (Å²) in [7, 11) is 1.76. The summed E-state index contributed by atoms with van der Waals surface area (Å²) in [6.45, 7) is 10.7. The fraction of sp³-hybridized carbons (Fsp3) is 0.316. The highest BCUT2D eigenvalue weighted by Gasteiger charge is 2.15. The van der Waals surface area contributed by atoms with Crippen LogP contribution in [0.4, 0.5) is 0 Å². The molecule has 5 nitrogen and oxygen atoms in total. The number of hydrogen-bond acceptors (Lipinski definition) is 3. The van der Waals surface area contributed by atoms with Gasteiger partial charge in [0.1, 0.15) is 5.69 Å². The minimum Gasteiger partial charge on any atom is -0.312 e. The van der Waals surface area contributed by atoms with Gasteiger partial charge in [-0.3, -0.25) is 9.48 Å². The van der Waals surface area contributed by atoms with Crippen LogP contribution in [0.15, 0.2) is 42.0 Å². The highest BCUT2D eigenvalue weighted by atomic mass is 32.1. The molecule has 0 N–H and O–H groups in total. The quantitative estimate of drug-likeness (QED) is 0.669. The molecular weight excluding hydrogens is 332 g/mol. The first-order valence-electron chi connectivity index (χ1n) is 8.24. The smallest absolute Gasteiger partial charge is 0.298 e. The van der Waals surface area contributed by atoms with Gasteiger partial charge in [-0.25, -0.2) is 0 Å². The second kappa shape index (κ2) is 6.80. The SMILES string of the molecule is C=CCn1c(=NC(=O)c2c(C)cnn2C)sc2cc(C(C)C)ccc21. The first kappa shape index (κ1) is 17.4. The van der Waals surface area contributed by atoms with E-state index in [0.29, 0.717) is 23.0 Å². The average molecular weight is 354 g/mol. The Balaban J connectivity index is 2.18. The molecule has 2 aromatic heterocycles. The lowest BCUT2D eigenvalue weighted by atomic mass is 10.0. The van der Waals surface area contributed by atoms with Crippen LogP contribution in [0.5, 0.6) is 0 Å². The zero-order chi connectivity index (χ0) is 18.1. The third kappa shape index (κ3) is 3.22. The molecule has 0 saturated heterocycles. The lowest BCUT2D eigenvalue weighted by Gasteiger charge is -2.06. The zero-order valence-electron chi connectivity index (χ0n) is 15.0. The topological polar surface area (TPSA) is 52.2 Å². The van der Waals surface area contributed by atoms with Crippen LogP contribution in [-0.2, 0) is 13.6 Å². The molecule has 0 aliphatic heterocycles. The first-order chi connectivity index (χ1) is 11.9. The minimum absolute atomic E-state index is 0.272. The Hall–Kier alpha value is -2.47. The summed E-state index contributed by atoms with van der Waals surface area (Å²) in [5.41, 5.74) is 3.70. The number of carbonyl (C=O) groups excluding carboxylic acids is 1. The number of aryl methyl sites for hydroxylation is 2. The van der Waals surface area contributed by atoms with Gasteiger partial charge in [0.25, 0.3) is 5.91 Å². The number of aromatic nitrogens is 3. The normalized spacial score (nSPS) is 12.3. The second-order valence-corrected chi connectivity index (χ2v) is 7.39. The largest absolute Gasteiger partial charge is 0.312 e. The summed E-state index contributed by atoms with van der Waals surface area (Å²) < 4.78 is 4.73. The first-order valence-corrected chi connectivity index (χ1v) is 9.06. The number of fused-ring (bicyclic) bond motifs is 1. The Labute approximate surface area is 150 Å². The fourth-order valence-electron chi connectivity index (χ4n) is 2.83. The van der Waals surface area contributed by atoms with Gasteiger partial charge >= 0.3 is 0 Å². The summed E-state index contributed by atoms with van der Waals surface area (Å²) in [4.78, 5) is 17.7. The maximum absolute atomic E-state index is 12.7. The molecule has 1 aromatic carbocycles. The molecule has 25 heavy (non-hydrogen) atoms. The molecular formula is C19H22N4OS. The molecule has 3 aromatic rings. The van der Waals surface area contributed by atoms with E-state index in [1.54, 1.807) is 17.9 Å². The van der Waals surface area contributed by atoms with Crippen molar-refractivity contribution in [3.05, 3.63) is 58.7 Å². The molecule has 2 heterocycles. The predicted octanol–water partition coefficient (Wildman–Crippen LogP) is 3.80. The standard InChI is InChI=1S/C19H22N4OS/c1-6-9-23-15-8-7-14(12(2)3)10-16(15)25-19(23)21-18(24)17-13(4)11-20-22(17)5/h6-8,10-12H,1,9H2,2-5H3. The van der Waals surface area contributed by atoms with Gasteiger partial charge in [-0.15, -0.1) is 6.58 Å². The average Bonchev–Trinajstić information content (AvgIpc) is 3.07. The fourth-order valence-corrected chi connectivity index (χ4v) is 3.92. The van der Waals surface area contributed by atoms with Crippen LogP contribution < -0.4 is 4.80 Å². The molecule has 130 valence electrons. The van der Waals surface area contributed by atoms with Crippen LogP contribution in [0.3, 0.4) is 0 Å². The molecule has 0 unspecified atom stereocenters. The molecule has 0 fully saturated rings. The number of allylic oxidation sites excluding steroid dienone is 1. The Morgan fingerprint density at radius 1 is 1.44 bits per heavy atom. The van der Waals surface area contributed by atoms with Crippen LogP contribution in [0.25, 0.3) is 10.2 Å². The van der Waals surface area contributed by atoms with Crippen molar-refractivity contribution < 1.29 is 4.79 Å². The Kier molecular flexibility index (Phi) is 4.72. The van der Waals surface area contributed by atoms with Crippen molar-refractivity contribution in [1.29, 1.82) is 0 Å². The van der Waals surface area contributed by atoms with Gasteiger partial charge < -0.3 is 4.57 Å². The Bertz CT molecular complexity index is 1000. The van der Waals surface area contributed by atoms with Crippen molar-refractivity contribution in [3.63, 3.8) is 0 Å². The Morgan fingerprint density at radius 2 is 2.20 bits per heavy atom. The van der Waals surface area contributed by atoms with Gasteiger partial charge in [0.15, 0.2) is 4.80 Å². The molecule has 0 atom stereocenters. The van der Waals surface area contributed by atoms with E-state index in [-0.39, 0.29) is 5.91 Å². The third-order valence-electron chi connectivity index (χ3n) is 4.21. The summed E-state index contributed by atoms with van der Waals surface area (Å²) in [5.74, 6) is 0.185. The van der Waals surface area contributed by atoms with Gasteiger partial charge in [-0.05, 0) is 30.5 Å². The maximum Gasteiger partial charge on any atom is 0.298 e. The lowest BCUT2D eigenvalue weighted by molar-refractivity contribution is 0.0988. The highest BCUT2D eigenvalue weighted by molar-refractivity contribution is 7.16. The monoisotopic (exact) mass is 354 g/mol. The number of thiazole rings is 1. The number of benzene rings is 1. The van der Waals surface area contributed by atoms with E-state index in [1.807, 2.05) is 17.6 Å². The molecule has 0 saturated carbocycles. The van der Waals surface area contributed by atoms with Crippen molar-refractivity contribution in [2.24, 2.45) is 12.0 Å². The van der Waals surface area contributed by atoms with E-state index < -0.39 is 0 Å². The molecule has 1 amide bonds. The van der Waals surface area contributed by atoms with Crippen molar-refractivity contribution in [2.45, 2.75) is 33.2 Å². The zero-order valence-corrected chi connectivity index (χ0v) is 15.8. The number of amides is 1. The van der Waals surface area contributed by atoms with Crippen LogP contribution in [0.2, 0.25) is 0 Å². The van der Waals surface area contributed by atoms with E-state index in [0.717, 1.165) is 15.8 Å². The van der Waals surface area contributed by atoms with Crippen molar-refractivity contribution >= 4 is 27.5 Å². The molecule has 3 rings (SSSR count). The maximum atomic E-state index is 12.7. The summed E-state index contributed by atoms with van der Waals surface area (Å²) in [6.07, 6.45) is 3.50. The number of hydrogen-bond donors (Lipinski definition) is 0. The number of nitrogens with zero attached hydrogens (tertiary/aromatic N) is 4. The van der Waals surface area contributed by atoms with Crippen molar-refractivity contribution in [2.75, 3.05) is 0 Å². The number of carbonyl (C=O) groups is 1. The number of rotatable bonds is 4. The van der Waals surface area contributed by atoms with Crippen LogP contribution in [-0.4, -0.2) is 20.3 Å². The van der Waals surface area contributed by atoms with Gasteiger partial charge in [0.05, 0.1) is 16.4 Å². The predicted molar refractivity (Wildman–Crippen MR) is 102 cm³/mol. The Morgan fingerprint density at radius 3 is 2.80 bits per heavy atom. The van der Waals surface area contributed by atoms with E-state index in [4.69, 9.17) is 0 Å². The van der Waals surface area contributed by atoms with Crippen LogP contribution in [0.1, 0.15) is 41.4 Å². The third-order valence-corrected chi connectivity index (χ3v) is 5.25. The molecule has 0 aliphatic rings. The van der Waals surface area contributed by atoms with Crippen molar-refractivity contribution in [1.82, 2.24) is 14.3 Å². The van der Waals surface area contributed by atoms with Crippen LogP contribution >= 0.6 is 11.3 Å². The van der Waals surface area contributed by atoms with E-state index in [9.17, 15) is 4.79 Å². The van der Waals surface area contributed by atoms with E-state index >= 15 is 0 Å². The molecule has 6 heteroatoms. The van der Waals surface area contributed by atoms with Gasteiger partial charge in [0.2, 0.25) is 0 Å². The van der Waals surface area contributed by atoms with E-state index in [2.05, 4.69) is 48.7 Å². The molecule has 0 bridgehead atoms. The van der Waals surface area contributed by atoms with Crippen molar-refractivity contribution in [3.8, 4) is 0 Å². The molecule has 0 aliphatic carbocycles. The summed E-state index contributed by atoms with van der Waals surface area (Å²) >= 11 is 1.53. The van der Waals surface area contributed by atoms with Gasteiger partial charge in [-0.2, -0.15) is 10.1 Å².